The van der Waals surface area contributed by atoms with E-state index in [4.69, 9.17) is 4.98 Å². The number of imidazole rings is 1. The molecule has 0 atom stereocenters. The smallest absolute Gasteiger partial charge is 0.138 e. The lowest BCUT2D eigenvalue weighted by Crippen LogP contribution is -1.89. The van der Waals surface area contributed by atoms with Crippen molar-refractivity contribution < 1.29 is 5.11 Å². The topological polar surface area (TPSA) is 48.9 Å². The standard InChI is InChI=1S/C21H18N2O/c1-2-16-19-18(22-21(23-19)15-11-7-4-8-12-15)13-17(20(16)24)14-9-5-3-6-10-14/h3-13,24H,2H2,1H3,(H,22,23). The molecule has 0 radical (unpaired) electrons. The van der Waals surface area contributed by atoms with Crippen molar-refractivity contribution in [2.45, 2.75) is 13.3 Å². The average molecular weight is 314 g/mol. The first-order chi connectivity index (χ1) is 11.8. The molecule has 3 heteroatoms. The van der Waals surface area contributed by atoms with Gasteiger partial charge in [-0.05, 0) is 18.1 Å². The van der Waals surface area contributed by atoms with Gasteiger partial charge in [0.15, 0.2) is 0 Å². The number of aromatic hydroxyl groups is 1. The fraction of sp³-hybridized carbons (Fsp3) is 0.0952. The highest BCUT2D eigenvalue weighted by Crippen LogP contribution is 2.38. The van der Waals surface area contributed by atoms with Crippen LogP contribution in [0.25, 0.3) is 33.5 Å². The van der Waals surface area contributed by atoms with Gasteiger partial charge in [0.25, 0.3) is 0 Å². The highest BCUT2D eigenvalue weighted by atomic mass is 16.3. The van der Waals surface area contributed by atoms with Crippen LogP contribution in [0.3, 0.4) is 0 Å². The third-order valence-corrected chi connectivity index (χ3v) is 4.33. The molecular formula is C21H18N2O. The molecule has 0 aliphatic rings. The maximum atomic E-state index is 10.8. The van der Waals surface area contributed by atoms with Gasteiger partial charge in [-0.15, -0.1) is 0 Å². The summed E-state index contributed by atoms with van der Waals surface area (Å²) >= 11 is 0. The van der Waals surface area contributed by atoms with E-state index in [1.807, 2.05) is 73.7 Å². The summed E-state index contributed by atoms with van der Waals surface area (Å²) in [5, 5.41) is 10.8. The fourth-order valence-corrected chi connectivity index (χ4v) is 3.11. The van der Waals surface area contributed by atoms with Crippen molar-refractivity contribution in [3.05, 3.63) is 72.3 Å². The fourth-order valence-electron chi connectivity index (χ4n) is 3.11. The number of hydrogen-bond donors (Lipinski definition) is 2. The Labute approximate surface area is 140 Å². The Kier molecular flexibility index (Phi) is 3.54. The third-order valence-electron chi connectivity index (χ3n) is 4.33. The minimum absolute atomic E-state index is 0.322. The van der Waals surface area contributed by atoms with Gasteiger partial charge in [0, 0.05) is 16.7 Å². The van der Waals surface area contributed by atoms with Gasteiger partial charge in [-0.3, -0.25) is 0 Å². The summed E-state index contributed by atoms with van der Waals surface area (Å²) in [5.41, 5.74) is 5.54. The normalized spacial score (nSPS) is 11.0. The molecule has 0 fully saturated rings. The molecule has 118 valence electrons. The largest absolute Gasteiger partial charge is 0.507 e. The maximum Gasteiger partial charge on any atom is 0.138 e. The number of aromatic amines is 1. The predicted molar refractivity (Wildman–Crippen MR) is 98.0 cm³/mol. The first kappa shape index (κ1) is 14.5. The van der Waals surface area contributed by atoms with E-state index < -0.39 is 0 Å². The molecule has 4 rings (SSSR count). The predicted octanol–water partition coefficient (Wildman–Crippen LogP) is 5.16. The highest BCUT2D eigenvalue weighted by molar-refractivity contribution is 5.91. The summed E-state index contributed by atoms with van der Waals surface area (Å²) in [4.78, 5) is 8.14. The van der Waals surface area contributed by atoms with Crippen LogP contribution in [0.5, 0.6) is 5.75 Å². The van der Waals surface area contributed by atoms with Gasteiger partial charge >= 0.3 is 0 Å². The Morgan fingerprint density at radius 1 is 0.917 bits per heavy atom. The Morgan fingerprint density at radius 3 is 2.17 bits per heavy atom. The van der Waals surface area contributed by atoms with E-state index in [1.54, 1.807) is 0 Å². The minimum Gasteiger partial charge on any atom is -0.507 e. The summed E-state index contributed by atoms with van der Waals surface area (Å²) in [6.07, 6.45) is 0.724. The summed E-state index contributed by atoms with van der Waals surface area (Å²) < 4.78 is 0. The van der Waals surface area contributed by atoms with Crippen molar-refractivity contribution in [3.63, 3.8) is 0 Å². The second kappa shape index (κ2) is 5.85. The van der Waals surface area contributed by atoms with E-state index in [2.05, 4.69) is 4.98 Å². The molecular weight excluding hydrogens is 296 g/mol. The molecule has 3 nitrogen and oxygen atoms in total. The van der Waals surface area contributed by atoms with Gasteiger partial charge in [0.05, 0.1) is 11.0 Å². The lowest BCUT2D eigenvalue weighted by molar-refractivity contribution is 0.472. The van der Waals surface area contributed by atoms with Crippen LogP contribution >= 0.6 is 0 Å². The van der Waals surface area contributed by atoms with Gasteiger partial charge in [0.1, 0.15) is 11.6 Å². The Balaban J connectivity index is 1.96. The number of fused-ring (bicyclic) bond motifs is 1. The van der Waals surface area contributed by atoms with Gasteiger partial charge in [-0.2, -0.15) is 0 Å². The van der Waals surface area contributed by atoms with E-state index in [0.29, 0.717) is 5.75 Å². The van der Waals surface area contributed by atoms with E-state index in [9.17, 15) is 5.11 Å². The molecule has 0 saturated heterocycles. The number of aromatic nitrogens is 2. The molecule has 24 heavy (non-hydrogen) atoms. The van der Waals surface area contributed by atoms with Crippen molar-refractivity contribution >= 4 is 11.0 Å². The molecule has 0 unspecified atom stereocenters. The summed E-state index contributed by atoms with van der Waals surface area (Å²) in [6.45, 7) is 2.04. The van der Waals surface area contributed by atoms with Crippen molar-refractivity contribution in [1.29, 1.82) is 0 Å². The van der Waals surface area contributed by atoms with Crippen LogP contribution in [-0.2, 0) is 6.42 Å². The number of phenolic OH excluding ortho intramolecular Hbond substituents is 1. The molecule has 4 aromatic rings. The van der Waals surface area contributed by atoms with Crippen molar-refractivity contribution in [2.24, 2.45) is 0 Å². The third kappa shape index (κ3) is 2.35. The first-order valence-corrected chi connectivity index (χ1v) is 8.13. The lowest BCUT2D eigenvalue weighted by atomic mass is 9.99. The number of benzene rings is 3. The van der Waals surface area contributed by atoms with Crippen LogP contribution in [0.15, 0.2) is 66.7 Å². The van der Waals surface area contributed by atoms with E-state index >= 15 is 0 Å². The number of H-pyrrole nitrogens is 1. The van der Waals surface area contributed by atoms with Crippen LogP contribution in [0.2, 0.25) is 0 Å². The van der Waals surface area contributed by atoms with Gasteiger partial charge in [-0.25, -0.2) is 4.98 Å². The monoisotopic (exact) mass is 314 g/mol. The number of rotatable bonds is 3. The molecule has 0 amide bonds. The molecule has 1 aromatic heterocycles. The lowest BCUT2D eigenvalue weighted by Gasteiger charge is -2.09. The number of hydrogen-bond acceptors (Lipinski definition) is 2. The van der Waals surface area contributed by atoms with Crippen LogP contribution in [0.1, 0.15) is 12.5 Å². The molecule has 0 aliphatic heterocycles. The zero-order valence-electron chi connectivity index (χ0n) is 13.5. The summed E-state index contributed by atoms with van der Waals surface area (Å²) in [6, 6.07) is 22.0. The summed E-state index contributed by atoms with van der Waals surface area (Å²) in [5.74, 6) is 1.15. The van der Waals surface area contributed by atoms with Crippen LogP contribution in [0, 0.1) is 0 Å². The van der Waals surface area contributed by atoms with Gasteiger partial charge in [-0.1, -0.05) is 67.6 Å². The van der Waals surface area contributed by atoms with Crippen molar-refractivity contribution in [2.75, 3.05) is 0 Å². The molecule has 3 aromatic carbocycles. The highest BCUT2D eigenvalue weighted by Gasteiger charge is 2.16. The van der Waals surface area contributed by atoms with Crippen molar-refractivity contribution in [3.8, 4) is 28.3 Å². The Morgan fingerprint density at radius 2 is 1.54 bits per heavy atom. The van der Waals surface area contributed by atoms with E-state index in [1.165, 1.54) is 0 Å². The number of phenols is 1. The van der Waals surface area contributed by atoms with Crippen molar-refractivity contribution in [1.82, 2.24) is 9.97 Å². The number of aryl methyl sites for hydroxylation is 1. The molecule has 2 N–H and O–H groups in total. The molecule has 0 bridgehead atoms. The zero-order chi connectivity index (χ0) is 16.5. The molecule has 0 spiro atoms. The molecule has 0 saturated carbocycles. The quantitative estimate of drug-likeness (QED) is 0.548. The minimum atomic E-state index is 0.322. The van der Waals surface area contributed by atoms with Crippen LogP contribution in [0.4, 0.5) is 0 Å². The second-order valence-corrected chi connectivity index (χ2v) is 5.82. The Hall–Kier alpha value is -3.07. The number of nitrogens with zero attached hydrogens (tertiary/aromatic N) is 1. The maximum absolute atomic E-state index is 10.8. The zero-order valence-corrected chi connectivity index (χ0v) is 13.5. The molecule has 0 aliphatic carbocycles. The van der Waals surface area contributed by atoms with Gasteiger partial charge in [0.2, 0.25) is 0 Å². The average Bonchev–Trinajstić information content (AvgIpc) is 3.06. The summed E-state index contributed by atoms with van der Waals surface area (Å²) in [7, 11) is 0. The van der Waals surface area contributed by atoms with Crippen LogP contribution in [-0.4, -0.2) is 15.1 Å². The van der Waals surface area contributed by atoms with E-state index in [-0.39, 0.29) is 0 Å². The first-order valence-electron chi connectivity index (χ1n) is 8.13. The Bertz CT molecular complexity index is 989. The van der Waals surface area contributed by atoms with Crippen LogP contribution < -0.4 is 0 Å². The number of nitrogens with one attached hydrogen (secondary N) is 1. The SMILES string of the molecule is CCc1c(O)c(-c2ccccc2)cc2[nH]c(-c3ccccc3)nc12. The van der Waals surface area contributed by atoms with Gasteiger partial charge < -0.3 is 10.1 Å². The molecule has 1 heterocycles. The second-order valence-electron chi connectivity index (χ2n) is 5.82. The van der Waals surface area contributed by atoms with E-state index in [0.717, 1.165) is 45.5 Å².